The lowest BCUT2D eigenvalue weighted by atomic mass is 10.3. The molecule has 0 bridgehead atoms. The fourth-order valence-electron chi connectivity index (χ4n) is 1.37. The molecular weight excluding hydrogens is 218 g/mol. The van der Waals surface area contributed by atoms with E-state index in [0.717, 1.165) is 12.8 Å². The number of nitrogens with zero attached hydrogens (tertiary/aromatic N) is 3. The van der Waals surface area contributed by atoms with Gasteiger partial charge in [0, 0.05) is 31.4 Å². The van der Waals surface area contributed by atoms with Gasteiger partial charge in [-0.2, -0.15) is 5.26 Å². The second-order valence-electron chi connectivity index (χ2n) is 3.88. The molecule has 88 valence electrons. The number of rotatable bonds is 5. The van der Waals surface area contributed by atoms with Crippen LogP contribution in [0, 0.1) is 11.3 Å². The molecule has 0 spiro atoms. The molecule has 6 nitrogen and oxygen atoms in total. The number of hydrogen-bond acceptors (Lipinski definition) is 5. The summed E-state index contributed by atoms with van der Waals surface area (Å²) in [5, 5.41) is 14.6. The molecule has 0 saturated heterocycles. The van der Waals surface area contributed by atoms with Crippen molar-refractivity contribution in [1.82, 2.24) is 15.3 Å². The van der Waals surface area contributed by atoms with Gasteiger partial charge in [-0.05, 0) is 12.8 Å². The molecule has 1 amide bonds. The molecule has 0 radical (unpaired) electrons. The molecular formula is C11H13N5O. The Bertz CT molecular complexity index is 449. The Hall–Kier alpha value is -2.16. The van der Waals surface area contributed by atoms with Crippen LogP contribution in [0.1, 0.15) is 25.0 Å². The van der Waals surface area contributed by atoms with Gasteiger partial charge < -0.3 is 10.6 Å². The lowest BCUT2D eigenvalue weighted by Gasteiger charge is -2.06. The van der Waals surface area contributed by atoms with Gasteiger partial charge in [0.05, 0.1) is 0 Å². The van der Waals surface area contributed by atoms with Crippen molar-refractivity contribution < 1.29 is 4.79 Å². The molecule has 6 heteroatoms. The summed E-state index contributed by atoms with van der Waals surface area (Å²) in [6.07, 6.45) is 5.51. The molecule has 1 aliphatic carbocycles. The first kappa shape index (κ1) is 11.3. The fourth-order valence-corrected chi connectivity index (χ4v) is 1.37. The predicted octanol–water partition coefficient (Wildman–Crippen LogP) is 0.429. The number of hydrogen-bond donors (Lipinski definition) is 2. The summed E-state index contributed by atoms with van der Waals surface area (Å²) in [5.41, 5.74) is 0.245. The number of carbonyl (C=O) groups is 1. The maximum absolute atomic E-state index is 11.4. The van der Waals surface area contributed by atoms with Gasteiger partial charge in [-0.15, -0.1) is 0 Å². The van der Waals surface area contributed by atoms with E-state index in [1.54, 1.807) is 0 Å². The number of carbonyl (C=O) groups excluding carboxylic acids is 1. The zero-order valence-corrected chi connectivity index (χ0v) is 9.31. The van der Waals surface area contributed by atoms with Crippen LogP contribution in [0.3, 0.4) is 0 Å². The molecule has 0 unspecified atom stereocenters. The molecule has 1 heterocycles. The summed E-state index contributed by atoms with van der Waals surface area (Å²) in [6, 6.07) is 2.32. The second kappa shape index (κ2) is 5.25. The first-order valence-corrected chi connectivity index (χ1v) is 5.54. The SMILES string of the molecule is N#Cc1nccnc1NCCC(=O)NC1CC1. The zero-order chi connectivity index (χ0) is 12.1. The Morgan fingerprint density at radius 2 is 2.24 bits per heavy atom. The molecule has 1 saturated carbocycles. The average molecular weight is 231 g/mol. The third-order valence-electron chi connectivity index (χ3n) is 2.39. The lowest BCUT2D eigenvalue weighted by Crippen LogP contribution is -2.27. The van der Waals surface area contributed by atoms with E-state index in [4.69, 9.17) is 5.26 Å². The molecule has 1 aliphatic rings. The van der Waals surface area contributed by atoms with E-state index in [1.165, 1.54) is 12.4 Å². The summed E-state index contributed by atoms with van der Waals surface area (Å²) in [4.78, 5) is 19.2. The first-order chi connectivity index (χ1) is 8.29. The van der Waals surface area contributed by atoms with E-state index in [1.807, 2.05) is 6.07 Å². The largest absolute Gasteiger partial charge is 0.367 e. The number of anilines is 1. The standard InChI is InChI=1S/C11H13N5O/c12-7-9-11(15-6-5-13-9)14-4-3-10(17)16-8-1-2-8/h5-6,8H,1-4H2,(H,14,15)(H,16,17). The van der Waals surface area contributed by atoms with E-state index in [9.17, 15) is 4.79 Å². The van der Waals surface area contributed by atoms with E-state index in [0.29, 0.717) is 24.8 Å². The number of aromatic nitrogens is 2. The second-order valence-corrected chi connectivity index (χ2v) is 3.88. The van der Waals surface area contributed by atoms with Crippen LogP contribution in [0.5, 0.6) is 0 Å². The molecule has 2 rings (SSSR count). The molecule has 1 aromatic heterocycles. The quantitative estimate of drug-likeness (QED) is 0.766. The van der Waals surface area contributed by atoms with Gasteiger partial charge in [-0.25, -0.2) is 9.97 Å². The monoisotopic (exact) mass is 231 g/mol. The Balaban J connectivity index is 1.77. The Kier molecular flexibility index (Phi) is 3.50. The van der Waals surface area contributed by atoms with Crippen LogP contribution in [-0.4, -0.2) is 28.5 Å². The maximum atomic E-state index is 11.4. The van der Waals surface area contributed by atoms with Crippen LogP contribution in [0.25, 0.3) is 0 Å². The fraction of sp³-hybridized carbons (Fsp3) is 0.455. The van der Waals surface area contributed by atoms with Gasteiger partial charge in [0.15, 0.2) is 11.5 Å². The minimum atomic E-state index is 0.0300. The van der Waals surface area contributed by atoms with E-state index in [-0.39, 0.29) is 11.6 Å². The smallest absolute Gasteiger partial charge is 0.221 e. The molecule has 0 aliphatic heterocycles. The predicted molar refractivity (Wildman–Crippen MR) is 61.0 cm³/mol. The van der Waals surface area contributed by atoms with Crippen molar-refractivity contribution in [2.24, 2.45) is 0 Å². The molecule has 0 atom stereocenters. The number of nitriles is 1. The van der Waals surface area contributed by atoms with Crippen molar-refractivity contribution in [1.29, 1.82) is 5.26 Å². The Morgan fingerprint density at radius 1 is 1.47 bits per heavy atom. The van der Waals surface area contributed by atoms with Crippen molar-refractivity contribution in [3.05, 3.63) is 18.1 Å². The average Bonchev–Trinajstić information content (AvgIpc) is 3.13. The molecule has 1 fully saturated rings. The number of nitrogens with one attached hydrogen (secondary N) is 2. The van der Waals surface area contributed by atoms with Gasteiger partial charge >= 0.3 is 0 Å². The highest BCUT2D eigenvalue weighted by molar-refractivity contribution is 5.77. The van der Waals surface area contributed by atoms with Crippen LogP contribution in [0.15, 0.2) is 12.4 Å². The third kappa shape index (κ3) is 3.41. The van der Waals surface area contributed by atoms with Crippen molar-refractivity contribution in [2.75, 3.05) is 11.9 Å². The van der Waals surface area contributed by atoms with Crippen molar-refractivity contribution in [3.8, 4) is 6.07 Å². The molecule has 17 heavy (non-hydrogen) atoms. The highest BCUT2D eigenvalue weighted by atomic mass is 16.1. The zero-order valence-electron chi connectivity index (χ0n) is 9.31. The van der Waals surface area contributed by atoms with E-state index in [2.05, 4.69) is 20.6 Å². The van der Waals surface area contributed by atoms with Crippen molar-refractivity contribution >= 4 is 11.7 Å². The van der Waals surface area contributed by atoms with Gasteiger partial charge in [0.2, 0.25) is 5.91 Å². The first-order valence-electron chi connectivity index (χ1n) is 5.54. The summed E-state index contributed by atoms with van der Waals surface area (Å²) < 4.78 is 0. The van der Waals surface area contributed by atoms with Gasteiger partial charge in [0.25, 0.3) is 0 Å². The van der Waals surface area contributed by atoms with Gasteiger partial charge in [-0.3, -0.25) is 4.79 Å². The van der Waals surface area contributed by atoms with Crippen molar-refractivity contribution in [3.63, 3.8) is 0 Å². The molecule has 1 aromatic rings. The summed E-state index contributed by atoms with van der Waals surface area (Å²) in [5.74, 6) is 0.455. The third-order valence-corrected chi connectivity index (χ3v) is 2.39. The van der Waals surface area contributed by atoms with Crippen LogP contribution in [-0.2, 0) is 4.79 Å². The highest BCUT2D eigenvalue weighted by Crippen LogP contribution is 2.18. The lowest BCUT2D eigenvalue weighted by molar-refractivity contribution is -0.120. The minimum absolute atomic E-state index is 0.0300. The summed E-state index contributed by atoms with van der Waals surface area (Å²) in [6.45, 7) is 0.450. The van der Waals surface area contributed by atoms with E-state index < -0.39 is 0 Å². The molecule has 2 N–H and O–H groups in total. The topological polar surface area (TPSA) is 90.7 Å². The number of amides is 1. The summed E-state index contributed by atoms with van der Waals surface area (Å²) in [7, 11) is 0. The Morgan fingerprint density at radius 3 is 2.94 bits per heavy atom. The van der Waals surface area contributed by atoms with Crippen molar-refractivity contribution in [2.45, 2.75) is 25.3 Å². The minimum Gasteiger partial charge on any atom is -0.367 e. The summed E-state index contributed by atoms with van der Waals surface area (Å²) >= 11 is 0. The van der Waals surface area contributed by atoms with Crippen LogP contribution >= 0.6 is 0 Å². The van der Waals surface area contributed by atoms with E-state index >= 15 is 0 Å². The Labute approximate surface area is 99.1 Å². The maximum Gasteiger partial charge on any atom is 0.221 e. The normalized spacial score (nSPS) is 13.8. The molecule has 0 aromatic carbocycles. The van der Waals surface area contributed by atoms with Crippen LogP contribution in [0.2, 0.25) is 0 Å². The van der Waals surface area contributed by atoms with Gasteiger partial charge in [-0.1, -0.05) is 0 Å². The van der Waals surface area contributed by atoms with Gasteiger partial charge in [0.1, 0.15) is 6.07 Å². The van der Waals surface area contributed by atoms with Crippen LogP contribution in [0.4, 0.5) is 5.82 Å². The highest BCUT2D eigenvalue weighted by Gasteiger charge is 2.22. The van der Waals surface area contributed by atoms with Crippen LogP contribution < -0.4 is 10.6 Å².